The van der Waals surface area contributed by atoms with Gasteiger partial charge in [0.05, 0.1) is 0 Å². The van der Waals surface area contributed by atoms with E-state index >= 15 is 0 Å². The van der Waals surface area contributed by atoms with Crippen LogP contribution in [-0.2, 0) is 19.5 Å². The molecule has 2 rings (SSSR count). The second-order valence-corrected chi connectivity index (χ2v) is 5.25. The Kier molecular flexibility index (Phi) is 6.13. The van der Waals surface area contributed by atoms with Crippen molar-refractivity contribution in [2.24, 2.45) is 0 Å². The van der Waals surface area contributed by atoms with Crippen LogP contribution < -0.4 is 0 Å². The molecule has 0 N–H and O–H groups in total. The van der Waals surface area contributed by atoms with Gasteiger partial charge in [0.15, 0.2) is 5.78 Å². The molecule has 1 nitrogen and oxygen atoms in total. The first-order chi connectivity index (χ1) is 8.16. The molecule has 0 fully saturated rings. The Morgan fingerprint density at radius 3 is 2.39 bits per heavy atom. The van der Waals surface area contributed by atoms with Crippen molar-refractivity contribution < 1.29 is 24.3 Å². The topological polar surface area (TPSA) is 17.1 Å². The molecule has 0 amide bonds. The van der Waals surface area contributed by atoms with Gasteiger partial charge < -0.3 is 0 Å². The maximum absolute atomic E-state index is 11.3. The van der Waals surface area contributed by atoms with E-state index in [1.54, 1.807) is 24.8 Å². The summed E-state index contributed by atoms with van der Waals surface area (Å²) in [6.45, 7) is 1.57. The number of rotatable bonds is 3. The maximum atomic E-state index is 11.3. The minimum Gasteiger partial charge on any atom is -0.295 e. The number of ketones is 1. The number of Topliss-reactive ketones (excluding diaryl/α,β-unsaturated/α-hetero) is 1. The summed E-state index contributed by atoms with van der Waals surface area (Å²) in [5.74, 6) is 0.0771. The van der Waals surface area contributed by atoms with E-state index in [0.29, 0.717) is 0 Å². The predicted octanol–water partition coefficient (Wildman–Crippen LogP) is 4.33. The molecule has 86 valence electrons. The second kappa shape index (κ2) is 7.13. The Balaban J connectivity index is 0.00000162. The van der Waals surface area contributed by atoms with Crippen molar-refractivity contribution in [3.8, 4) is 0 Å². The van der Waals surface area contributed by atoms with Gasteiger partial charge in [0, 0.05) is 20.2 Å². The van der Waals surface area contributed by atoms with Gasteiger partial charge in [-0.1, -0.05) is 36.0 Å². The van der Waals surface area contributed by atoms with Crippen molar-refractivity contribution in [3.05, 3.63) is 54.1 Å². The van der Waals surface area contributed by atoms with Crippen molar-refractivity contribution in [3.63, 3.8) is 0 Å². The van der Waals surface area contributed by atoms with Crippen molar-refractivity contribution in [1.29, 1.82) is 0 Å². The third-order valence-corrected chi connectivity index (χ3v) is 3.94. The molecule has 2 aromatic carbocycles. The summed E-state index contributed by atoms with van der Waals surface area (Å²) in [5.41, 5.74) is 0.723. The van der Waals surface area contributed by atoms with E-state index in [1.165, 1.54) is 0 Å². The fraction of sp³-hybridized carbons (Fsp3) is 0.0714. The van der Waals surface area contributed by atoms with E-state index in [2.05, 4.69) is 12.6 Å². The van der Waals surface area contributed by atoms with Gasteiger partial charge in [-0.05, 0) is 31.2 Å². The van der Waals surface area contributed by atoms with Crippen LogP contribution in [-0.4, -0.2) is 5.78 Å². The van der Waals surface area contributed by atoms with Crippen LogP contribution in [0.4, 0.5) is 0 Å². The molecule has 0 unspecified atom stereocenters. The van der Waals surface area contributed by atoms with Gasteiger partial charge in [0.2, 0.25) is 0 Å². The standard InChI is InChI=1S/C14H12OS2.Zn/c1-10(15)11-7-8-13(16)14(9-11)17-12-5-3-2-4-6-12;/h2-9,16H,1H3;/q;+2. The molecule has 0 aromatic heterocycles. The first-order valence-corrected chi connectivity index (χ1v) is 6.50. The monoisotopic (exact) mass is 324 g/mol. The molecule has 0 heterocycles. The summed E-state index contributed by atoms with van der Waals surface area (Å²) in [6.07, 6.45) is 0. The van der Waals surface area contributed by atoms with Crippen LogP contribution in [0.15, 0.2) is 63.2 Å². The summed E-state index contributed by atoms with van der Waals surface area (Å²) < 4.78 is 0. The molecule has 2 aromatic rings. The van der Waals surface area contributed by atoms with Crippen molar-refractivity contribution in [1.82, 2.24) is 0 Å². The quantitative estimate of drug-likeness (QED) is 0.514. The summed E-state index contributed by atoms with van der Waals surface area (Å²) in [5, 5.41) is 0. The minimum atomic E-state index is 0. The summed E-state index contributed by atoms with van der Waals surface area (Å²) in [6, 6.07) is 15.6. The Hall–Kier alpha value is -0.567. The van der Waals surface area contributed by atoms with Gasteiger partial charge >= 0.3 is 19.5 Å². The Morgan fingerprint density at radius 1 is 1.11 bits per heavy atom. The molecular formula is C14H12OS2Zn+2. The second-order valence-electron chi connectivity index (χ2n) is 3.65. The van der Waals surface area contributed by atoms with Gasteiger partial charge in [-0.15, -0.1) is 12.6 Å². The van der Waals surface area contributed by atoms with Crippen molar-refractivity contribution in [2.45, 2.75) is 21.6 Å². The van der Waals surface area contributed by atoms with E-state index in [0.717, 1.165) is 20.2 Å². The Bertz CT molecular complexity index is 541. The zero-order chi connectivity index (χ0) is 12.3. The van der Waals surface area contributed by atoms with Crippen LogP contribution in [0.1, 0.15) is 17.3 Å². The summed E-state index contributed by atoms with van der Waals surface area (Å²) in [7, 11) is 0. The van der Waals surface area contributed by atoms with Crippen LogP contribution in [0.2, 0.25) is 0 Å². The largest absolute Gasteiger partial charge is 2.00 e. The fourth-order valence-electron chi connectivity index (χ4n) is 1.43. The first kappa shape index (κ1) is 15.5. The molecule has 0 bridgehead atoms. The van der Waals surface area contributed by atoms with Crippen LogP contribution in [0.3, 0.4) is 0 Å². The van der Waals surface area contributed by atoms with Crippen molar-refractivity contribution >= 4 is 30.2 Å². The number of carbonyl (C=O) groups is 1. The predicted molar refractivity (Wildman–Crippen MR) is 74.3 cm³/mol. The van der Waals surface area contributed by atoms with Gasteiger partial charge in [-0.3, -0.25) is 4.79 Å². The van der Waals surface area contributed by atoms with Crippen molar-refractivity contribution in [2.75, 3.05) is 0 Å². The SMILES string of the molecule is CC(=O)c1ccc(S)c(Sc2ccccc2)c1.[Zn+2]. The normalized spacial score (nSPS) is 9.67. The number of hydrogen-bond donors (Lipinski definition) is 1. The van der Waals surface area contributed by atoms with Gasteiger partial charge in [-0.2, -0.15) is 0 Å². The molecule has 0 aliphatic carbocycles. The van der Waals surface area contributed by atoms with Crippen LogP contribution >= 0.6 is 24.4 Å². The molecule has 0 aliphatic rings. The van der Waals surface area contributed by atoms with E-state index in [1.807, 2.05) is 42.5 Å². The summed E-state index contributed by atoms with van der Waals surface area (Å²) in [4.78, 5) is 14.4. The molecule has 18 heavy (non-hydrogen) atoms. The van der Waals surface area contributed by atoms with Crippen LogP contribution in [0, 0.1) is 0 Å². The van der Waals surface area contributed by atoms with E-state index in [4.69, 9.17) is 0 Å². The van der Waals surface area contributed by atoms with E-state index in [9.17, 15) is 4.79 Å². The fourth-order valence-corrected chi connectivity index (χ4v) is 2.61. The third-order valence-electron chi connectivity index (χ3n) is 2.34. The third kappa shape index (κ3) is 3.98. The van der Waals surface area contributed by atoms with Crippen LogP contribution in [0.25, 0.3) is 0 Å². The molecule has 0 atom stereocenters. The summed E-state index contributed by atoms with van der Waals surface area (Å²) >= 11 is 6.03. The molecule has 0 radical (unpaired) electrons. The molecule has 0 saturated heterocycles. The molecule has 0 saturated carbocycles. The minimum absolute atomic E-state index is 0. The molecule has 0 spiro atoms. The maximum Gasteiger partial charge on any atom is 2.00 e. The smallest absolute Gasteiger partial charge is 0.295 e. The van der Waals surface area contributed by atoms with Gasteiger partial charge in [0.1, 0.15) is 0 Å². The zero-order valence-corrected chi connectivity index (χ0v) is 14.8. The first-order valence-electron chi connectivity index (χ1n) is 5.23. The van der Waals surface area contributed by atoms with Gasteiger partial charge in [0.25, 0.3) is 0 Å². The van der Waals surface area contributed by atoms with Crippen LogP contribution in [0.5, 0.6) is 0 Å². The van der Waals surface area contributed by atoms with Gasteiger partial charge in [-0.25, -0.2) is 0 Å². The number of benzene rings is 2. The molecule has 0 aliphatic heterocycles. The average molecular weight is 326 g/mol. The Morgan fingerprint density at radius 2 is 1.78 bits per heavy atom. The van der Waals surface area contributed by atoms with E-state index < -0.39 is 0 Å². The Labute approximate surface area is 130 Å². The number of carbonyl (C=O) groups excluding carboxylic acids is 1. The molecular weight excluding hydrogens is 314 g/mol. The zero-order valence-electron chi connectivity index (χ0n) is 10.1. The average Bonchev–Trinajstić information content (AvgIpc) is 2.33. The number of thiol groups is 1. The van der Waals surface area contributed by atoms with E-state index in [-0.39, 0.29) is 25.3 Å². The molecule has 4 heteroatoms. The number of hydrogen-bond acceptors (Lipinski definition) is 3.